The molecular formula is C16H26N2. The second-order valence-corrected chi connectivity index (χ2v) is 6.41. The predicted molar refractivity (Wildman–Crippen MR) is 79.4 cm³/mol. The maximum absolute atomic E-state index is 3.55. The van der Waals surface area contributed by atoms with Gasteiger partial charge in [0.15, 0.2) is 0 Å². The summed E-state index contributed by atoms with van der Waals surface area (Å²) in [6.45, 7) is 13.6. The van der Waals surface area contributed by atoms with E-state index in [1.165, 1.54) is 23.2 Å². The summed E-state index contributed by atoms with van der Waals surface area (Å²) in [6, 6.07) is 6.81. The van der Waals surface area contributed by atoms with Crippen molar-refractivity contribution >= 4 is 5.69 Å². The molecule has 1 aliphatic heterocycles. The standard InChI is InChI=1S/C16H26N2/c1-13-6-7-15(14(2)10-13)18-9-5-8-17-11-16(3,4)12-18/h6-7,10,17H,5,8-9,11-12H2,1-4H3. The van der Waals surface area contributed by atoms with Crippen LogP contribution in [0.2, 0.25) is 0 Å². The molecule has 100 valence electrons. The quantitative estimate of drug-likeness (QED) is 0.819. The van der Waals surface area contributed by atoms with E-state index in [0.717, 1.165) is 26.2 Å². The zero-order chi connectivity index (χ0) is 13.2. The first-order valence-corrected chi connectivity index (χ1v) is 7.01. The second kappa shape index (κ2) is 5.31. The molecule has 2 rings (SSSR count). The Kier molecular flexibility index (Phi) is 3.96. The highest BCUT2D eigenvalue weighted by Gasteiger charge is 2.24. The molecule has 1 N–H and O–H groups in total. The third-order valence-corrected chi connectivity index (χ3v) is 3.70. The van der Waals surface area contributed by atoms with Gasteiger partial charge in [-0.05, 0) is 43.9 Å². The minimum absolute atomic E-state index is 0.331. The van der Waals surface area contributed by atoms with Crippen LogP contribution in [0.1, 0.15) is 31.4 Å². The molecule has 1 heterocycles. The molecule has 1 aromatic rings. The predicted octanol–water partition coefficient (Wildman–Crippen LogP) is 3.13. The van der Waals surface area contributed by atoms with Crippen LogP contribution in [-0.4, -0.2) is 26.2 Å². The number of nitrogens with one attached hydrogen (secondary N) is 1. The van der Waals surface area contributed by atoms with Gasteiger partial charge in [0, 0.05) is 25.3 Å². The van der Waals surface area contributed by atoms with Gasteiger partial charge in [0.2, 0.25) is 0 Å². The van der Waals surface area contributed by atoms with Crippen molar-refractivity contribution in [2.24, 2.45) is 5.41 Å². The van der Waals surface area contributed by atoms with Crippen LogP contribution in [0.15, 0.2) is 18.2 Å². The summed E-state index contributed by atoms with van der Waals surface area (Å²) in [5, 5.41) is 3.55. The summed E-state index contributed by atoms with van der Waals surface area (Å²) >= 11 is 0. The number of hydrogen-bond acceptors (Lipinski definition) is 2. The molecule has 18 heavy (non-hydrogen) atoms. The molecule has 0 aromatic heterocycles. The van der Waals surface area contributed by atoms with E-state index in [0.29, 0.717) is 5.41 Å². The van der Waals surface area contributed by atoms with Crippen molar-refractivity contribution in [1.82, 2.24) is 5.32 Å². The normalized spacial score (nSPS) is 20.3. The van der Waals surface area contributed by atoms with Crippen LogP contribution in [0.3, 0.4) is 0 Å². The average Bonchev–Trinajstić information content (AvgIpc) is 2.24. The average molecular weight is 246 g/mol. The van der Waals surface area contributed by atoms with Gasteiger partial charge in [-0.2, -0.15) is 0 Å². The first-order chi connectivity index (χ1) is 8.48. The third-order valence-electron chi connectivity index (χ3n) is 3.70. The largest absolute Gasteiger partial charge is 0.371 e. The van der Waals surface area contributed by atoms with Gasteiger partial charge in [0.25, 0.3) is 0 Å². The van der Waals surface area contributed by atoms with E-state index in [1.807, 2.05) is 0 Å². The Morgan fingerprint density at radius 3 is 2.72 bits per heavy atom. The van der Waals surface area contributed by atoms with E-state index in [4.69, 9.17) is 0 Å². The minimum Gasteiger partial charge on any atom is -0.371 e. The van der Waals surface area contributed by atoms with Crippen molar-refractivity contribution < 1.29 is 0 Å². The van der Waals surface area contributed by atoms with Gasteiger partial charge in [-0.3, -0.25) is 0 Å². The van der Waals surface area contributed by atoms with Crippen LogP contribution in [0, 0.1) is 19.3 Å². The Balaban J connectivity index is 2.23. The Hall–Kier alpha value is -1.02. The Labute approximate surface area is 111 Å². The monoisotopic (exact) mass is 246 g/mol. The lowest BCUT2D eigenvalue weighted by Crippen LogP contribution is -2.44. The summed E-state index contributed by atoms with van der Waals surface area (Å²) in [4.78, 5) is 2.57. The van der Waals surface area contributed by atoms with Crippen molar-refractivity contribution in [3.63, 3.8) is 0 Å². The molecule has 1 aliphatic rings. The Morgan fingerprint density at radius 2 is 2.00 bits per heavy atom. The van der Waals surface area contributed by atoms with Gasteiger partial charge in [0.05, 0.1) is 0 Å². The minimum atomic E-state index is 0.331. The maximum atomic E-state index is 3.55. The molecule has 0 aliphatic carbocycles. The zero-order valence-electron chi connectivity index (χ0n) is 12.2. The van der Waals surface area contributed by atoms with E-state index in [1.54, 1.807) is 0 Å². The smallest absolute Gasteiger partial charge is 0.0396 e. The third kappa shape index (κ3) is 3.26. The summed E-state index contributed by atoms with van der Waals surface area (Å²) < 4.78 is 0. The summed E-state index contributed by atoms with van der Waals surface area (Å²) in [5.41, 5.74) is 4.50. The molecule has 1 aromatic carbocycles. The van der Waals surface area contributed by atoms with Gasteiger partial charge in [-0.15, -0.1) is 0 Å². The fourth-order valence-corrected chi connectivity index (χ4v) is 2.84. The van der Waals surface area contributed by atoms with Crippen LogP contribution in [0.5, 0.6) is 0 Å². The van der Waals surface area contributed by atoms with Crippen molar-refractivity contribution in [1.29, 1.82) is 0 Å². The van der Waals surface area contributed by atoms with E-state index in [2.05, 4.69) is 56.1 Å². The number of rotatable bonds is 1. The SMILES string of the molecule is Cc1ccc(N2CCCNCC(C)(C)C2)c(C)c1. The molecule has 0 saturated carbocycles. The number of hydrogen-bond donors (Lipinski definition) is 1. The van der Waals surface area contributed by atoms with E-state index in [-0.39, 0.29) is 0 Å². The van der Waals surface area contributed by atoms with Crippen molar-refractivity contribution in [2.75, 3.05) is 31.1 Å². The van der Waals surface area contributed by atoms with Crippen molar-refractivity contribution in [3.05, 3.63) is 29.3 Å². The molecule has 0 bridgehead atoms. The molecule has 0 radical (unpaired) electrons. The van der Waals surface area contributed by atoms with Gasteiger partial charge in [-0.1, -0.05) is 31.5 Å². The fourth-order valence-electron chi connectivity index (χ4n) is 2.84. The molecule has 0 atom stereocenters. The Bertz CT molecular complexity index is 410. The van der Waals surface area contributed by atoms with Gasteiger partial charge in [-0.25, -0.2) is 0 Å². The van der Waals surface area contributed by atoms with Gasteiger partial charge >= 0.3 is 0 Å². The first-order valence-electron chi connectivity index (χ1n) is 7.01. The summed E-state index contributed by atoms with van der Waals surface area (Å²) in [7, 11) is 0. The highest BCUT2D eigenvalue weighted by molar-refractivity contribution is 5.54. The molecule has 0 amide bonds. The molecule has 1 fully saturated rings. The molecule has 2 nitrogen and oxygen atoms in total. The lowest BCUT2D eigenvalue weighted by atomic mass is 9.91. The zero-order valence-corrected chi connectivity index (χ0v) is 12.2. The van der Waals surface area contributed by atoms with Crippen LogP contribution in [-0.2, 0) is 0 Å². The molecule has 1 saturated heterocycles. The lowest BCUT2D eigenvalue weighted by Gasteiger charge is -2.37. The summed E-state index contributed by atoms with van der Waals surface area (Å²) in [6.07, 6.45) is 1.23. The second-order valence-electron chi connectivity index (χ2n) is 6.41. The highest BCUT2D eigenvalue weighted by Crippen LogP contribution is 2.26. The summed E-state index contributed by atoms with van der Waals surface area (Å²) in [5.74, 6) is 0. The topological polar surface area (TPSA) is 15.3 Å². The number of benzene rings is 1. The van der Waals surface area contributed by atoms with Crippen molar-refractivity contribution in [2.45, 2.75) is 34.1 Å². The van der Waals surface area contributed by atoms with Gasteiger partial charge < -0.3 is 10.2 Å². The fraction of sp³-hybridized carbons (Fsp3) is 0.625. The molecular weight excluding hydrogens is 220 g/mol. The molecule has 0 unspecified atom stereocenters. The van der Waals surface area contributed by atoms with Gasteiger partial charge in [0.1, 0.15) is 0 Å². The number of aryl methyl sites for hydroxylation is 2. The van der Waals surface area contributed by atoms with E-state index >= 15 is 0 Å². The van der Waals surface area contributed by atoms with Crippen molar-refractivity contribution in [3.8, 4) is 0 Å². The molecule has 0 spiro atoms. The van der Waals surface area contributed by atoms with Crippen LogP contribution in [0.4, 0.5) is 5.69 Å². The highest BCUT2D eigenvalue weighted by atomic mass is 15.1. The maximum Gasteiger partial charge on any atom is 0.0396 e. The molecule has 2 heteroatoms. The van der Waals surface area contributed by atoms with Crippen LogP contribution < -0.4 is 10.2 Å². The first kappa shape index (κ1) is 13.4. The van der Waals surface area contributed by atoms with Crippen LogP contribution >= 0.6 is 0 Å². The lowest BCUT2D eigenvalue weighted by molar-refractivity contribution is 0.325. The Morgan fingerprint density at radius 1 is 1.22 bits per heavy atom. The number of anilines is 1. The van der Waals surface area contributed by atoms with Crippen LogP contribution in [0.25, 0.3) is 0 Å². The number of nitrogens with zero attached hydrogens (tertiary/aromatic N) is 1. The van der Waals surface area contributed by atoms with E-state index < -0.39 is 0 Å². The van der Waals surface area contributed by atoms with E-state index in [9.17, 15) is 0 Å².